The summed E-state index contributed by atoms with van der Waals surface area (Å²) in [7, 11) is 3.02. The molecule has 7 nitrogen and oxygen atoms in total. The van der Waals surface area contributed by atoms with E-state index in [2.05, 4.69) is 27.5 Å². The van der Waals surface area contributed by atoms with Crippen molar-refractivity contribution in [2.75, 3.05) is 27.3 Å². The number of thiazole rings is 1. The number of nitrogens with one attached hydrogen (secondary N) is 2. The first kappa shape index (κ1) is 20.8. The van der Waals surface area contributed by atoms with Gasteiger partial charge in [0, 0.05) is 24.4 Å². The molecule has 0 amide bonds. The first-order chi connectivity index (χ1) is 13.0. The van der Waals surface area contributed by atoms with Gasteiger partial charge in [0.05, 0.1) is 31.5 Å². The second-order valence-electron chi connectivity index (χ2n) is 5.97. The van der Waals surface area contributed by atoms with Gasteiger partial charge in [0.1, 0.15) is 0 Å². The minimum Gasteiger partial charge on any atom is -0.502 e. The number of nitrogens with zero attached hydrogens (tertiary/aromatic N) is 2. The van der Waals surface area contributed by atoms with E-state index < -0.39 is 0 Å². The van der Waals surface area contributed by atoms with E-state index in [9.17, 15) is 5.11 Å². The highest BCUT2D eigenvalue weighted by Crippen LogP contribution is 2.37. The van der Waals surface area contributed by atoms with Crippen LogP contribution in [0, 0.1) is 13.8 Å². The van der Waals surface area contributed by atoms with E-state index in [1.807, 2.05) is 13.8 Å². The summed E-state index contributed by atoms with van der Waals surface area (Å²) in [6.45, 7) is 8.10. The molecule has 3 N–H and O–H groups in total. The fraction of sp³-hybridized carbons (Fsp3) is 0.474. The number of ether oxygens (including phenoxy) is 2. The maximum atomic E-state index is 10.0. The number of aromatic nitrogens is 1. The van der Waals surface area contributed by atoms with Gasteiger partial charge in [0.25, 0.3) is 0 Å². The molecular weight excluding hydrogens is 364 g/mol. The van der Waals surface area contributed by atoms with E-state index >= 15 is 0 Å². The molecule has 0 aliphatic carbocycles. The zero-order valence-corrected chi connectivity index (χ0v) is 17.4. The molecule has 0 bridgehead atoms. The third-order valence-electron chi connectivity index (χ3n) is 4.01. The molecule has 2 aromatic rings. The van der Waals surface area contributed by atoms with Gasteiger partial charge >= 0.3 is 0 Å². The van der Waals surface area contributed by atoms with Crippen molar-refractivity contribution < 1.29 is 14.6 Å². The van der Waals surface area contributed by atoms with Crippen LogP contribution < -0.4 is 20.1 Å². The van der Waals surface area contributed by atoms with Crippen molar-refractivity contribution in [3.8, 4) is 17.2 Å². The SMILES string of the molecule is CCNC(=NCc1cc(OC)c(O)c(OC)c1)NCCc1nc(C)c(C)s1. The van der Waals surface area contributed by atoms with Crippen LogP contribution in [0.25, 0.3) is 0 Å². The van der Waals surface area contributed by atoms with Crippen LogP contribution in [-0.2, 0) is 13.0 Å². The number of aliphatic imine (C=N–C) groups is 1. The second-order valence-corrected chi connectivity index (χ2v) is 7.26. The predicted molar refractivity (Wildman–Crippen MR) is 109 cm³/mol. The largest absolute Gasteiger partial charge is 0.502 e. The lowest BCUT2D eigenvalue weighted by Gasteiger charge is -2.12. The van der Waals surface area contributed by atoms with Crippen molar-refractivity contribution in [1.82, 2.24) is 15.6 Å². The summed E-state index contributed by atoms with van der Waals surface area (Å²) in [5, 5.41) is 17.7. The third kappa shape index (κ3) is 5.75. The molecule has 0 spiro atoms. The molecule has 1 aromatic heterocycles. The van der Waals surface area contributed by atoms with Crippen molar-refractivity contribution in [1.29, 1.82) is 0 Å². The quantitative estimate of drug-likeness (QED) is 0.473. The number of hydrogen-bond acceptors (Lipinski definition) is 6. The number of aryl methyl sites for hydroxylation is 2. The Morgan fingerprint density at radius 1 is 1.19 bits per heavy atom. The maximum Gasteiger partial charge on any atom is 0.200 e. The summed E-state index contributed by atoms with van der Waals surface area (Å²) in [4.78, 5) is 10.4. The van der Waals surface area contributed by atoms with Crippen LogP contribution in [0.2, 0.25) is 0 Å². The molecule has 1 heterocycles. The molecule has 148 valence electrons. The smallest absolute Gasteiger partial charge is 0.200 e. The Morgan fingerprint density at radius 3 is 2.37 bits per heavy atom. The number of aromatic hydroxyl groups is 1. The molecule has 1 aromatic carbocycles. The van der Waals surface area contributed by atoms with Crippen LogP contribution in [0.5, 0.6) is 17.2 Å². The molecule has 0 radical (unpaired) electrons. The maximum absolute atomic E-state index is 10.0. The summed E-state index contributed by atoms with van der Waals surface area (Å²) in [6, 6.07) is 3.51. The number of phenolic OH excluding ortho intramolecular Hbond substituents is 1. The Labute approximate surface area is 164 Å². The monoisotopic (exact) mass is 392 g/mol. The number of hydrogen-bond donors (Lipinski definition) is 3. The molecule has 8 heteroatoms. The van der Waals surface area contributed by atoms with Gasteiger partial charge in [-0.05, 0) is 38.5 Å². The van der Waals surface area contributed by atoms with E-state index in [1.54, 1.807) is 23.5 Å². The fourth-order valence-corrected chi connectivity index (χ4v) is 3.42. The van der Waals surface area contributed by atoms with Crippen molar-refractivity contribution in [3.05, 3.63) is 33.3 Å². The van der Waals surface area contributed by atoms with Gasteiger partial charge in [0.15, 0.2) is 17.5 Å². The van der Waals surface area contributed by atoms with Gasteiger partial charge in [-0.2, -0.15) is 0 Å². The highest BCUT2D eigenvalue weighted by molar-refractivity contribution is 7.11. The normalized spacial score (nSPS) is 11.4. The number of phenols is 1. The van der Waals surface area contributed by atoms with Gasteiger partial charge in [-0.15, -0.1) is 11.3 Å². The molecule has 0 unspecified atom stereocenters. The molecule has 2 rings (SSSR count). The van der Waals surface area contributed by atoms with E-state index in [0.29, 0.717) is 18.0 Å². The summed E-state index contributed by atoms with van der Waals surface area (Å²) in [6.07, 6.45) is 0.852. The number of methoxy groups -OCH3 is 2. The molecular formula is C19H28N4O3S. The van der Waals surface area contributed by atoms with Crippen molar-refractivity contribution >= 4 is 17.3 Å². The highest BCUT2D eigenvalue weighted by atomic mass is 32.1. The Hall–Kier alpha value is -2.48. The summed E-state index contributed by atoms with van der Waals surface area (Å²) in [5.74, 6) is 1.46. The van der Waals surface area contributed by atoms with Crippen LogP contribution in [0.3, 0.4) is 0 Å². The van der Waals surface area contributed by atoms with Gasteiger partial charge in [-0.25, -0.2) is 9.98 Å². The third-order valence-corrected chi connectivity index (χ3v) is 5.14. The Morgan fingerprint density at radius 2 is 1.85 bits per heavy atom. The first-order valence-corrected chi connectivity index (χ1v) is 9.69. The number of rotatable bonds is 8. The van der Waals surface area contributed by atoms with E-state index in [0.717, 1.165) is 41.7 Å². The highest BCUT2D eigenvalue weighted by Gasteiger charge is 2.11. The lowest BCUT2D eigenvalue weighted by molar-refractivity contribution is 0.339. The molecule has 0 saturated carbocycles. The Bertz CT molecular complexity index is 745. The van der Waals surface area contributed by atoms with Crippen LogP contribution >= 0.6 is 11.3 Å². The topological polar surface area (TPSA) is 88.0 Å². The molecule has 0 aliphatic rings. The van der Waals surface area contributed by atoms with E-state index in [4.69, 9.17) is 9.47 Å². The van der Waals surface area contributed by atoms with Gasteiger partial charge in [-0.1, -0.05) is 0 Å². The molecule has 0 aliphatic heterocycles. The predicted octanol–water partition coefficient (Wildman–Crippen LogP) is 2.78. The minimum absolute atomic E-state index is 0.00760. The van der Waals surface area contributed by atoms with Gasteiger partial charge in [0.2, 0.25) is 5.75 Å². The Kier molecular flexibility index (Phi) is 7.72. The fourth-order valence-electron chi connectivity index (χ4n) is 2.49. The van der Waals surface area contributed by atoms with Crippen molar-refractivity contribution in [2.45, 2.75) is 33.7 Å². The van der Waals surface area contributed by atoms with E-state index in [-0.39, 0.29) is 5.75 Å². The van der Waals surface area contributed by atoms with Crippen LogP contribution in [-0.4, -0.2) is 43.4 Å². The van der Waals surface area contributed by atoms with Crippen LogP contribution in [0.4, 0.5) is 0 Å². The summed E-state index contributed by atoms with van der Waals surface area (Å²) >= 11 is 1.74. The molecule has 0 saturated heterocycles. The zero-order valence-electron chi connectivity index (χ0n) is 16.5. The Balaban J connectivity index is 2.02. The number of guanidine groups is 1. The van der Waals surface area contributed by atoms with Crippen molar-refractivity contribution in [3.63, 3.8) is 0 Å². The van der Waals surface area contributed by atoms with Gasteiger partial charge in [-0.3, -0.25) is 0 Å². The van der Waals surface area contributed by atoms with Crippen molar-refractivity contribution in [2.24, 2.45) is 4.99 Å². The van der Waals surface area contributed by atoms with Gasteiger partial charge < -0.3 is 25.2 Å². The lowest BCUT2D eigenvalue weighted by atomic mass is 10.2. The molecule has 27 heavy (non-hydrogen) atoms. The van der Waals surface area contributed by atoms with E-state index in [1.165, 1.54) is 19.1 Å². The number of benzene rings is 1. The minimum atomic E-state index is -0.00760. The molecule has 0 fully saturated rings. The first-order valence-electron chi connectivity index (χ1n) is 8.87. The second kappa shape index (κ2) is 10.0. The summed E-state index contributed by atoms with van der Waals surface area (Å²) < 4.78 is 10.4. The average Bonchev–Trinajstić information content (AvgIpc) is 2.98. The summed E-state index contributed by atoms with van der Waals surface area (Å²) in [5.41, 5.74) is 1.98. The standard InChI is InChI=1S/C19H28N4O3S/c1-6-20-19(21-8-7-17-23-12(2)13(3)27-17)22-11-14-9-15(25-4)18(24)16(10-14)26-5/h9-10,24H,6-8,11H2,1-5H3,(H2,20,21,22). The lowest BCUT2D eigenvalue weighted by Crippen LogP contribution is -2.38. The molecule has 0 atom stereocenters. The average molecular weight is 393 g/mol. The van der Waals surface area contributed by atoms with Crippen LogP contribution in [0.1, 0.15) is 28.1 Å². The van der Waals surface area contributed by atoms with Crippen LogP contribution in [0.15, 0.2) is 17.1 Å². The zero-order chi connectivity index (χ0) is 19.8.